The molecule has 1 aliphatic rings. The number of hydrogen-bond donors (Lipinski definition) is 1. The maximum Gasteiger partial charge on any atom is 0.0447 e. The Morgan fingerprint density at radius 1 is 1.36 bits per heavy atom. The maximum atomic E-state index is 5.84. The van der Waals surface area contributed by atoms with Gasteiger partial charge in [0.05, 0.1) is 0 Å². The van der Waals surface area contributed by atoms with Gasteiger partial charge in [-0.15, -0.1) is 0 Å². The topological polar surface area (TPSA) is 29.3 Å². The highest BCUT2D eigenvalue weighted by molar-refractivity contribution is 5.23. The number of nitrogens with zero attached hydrogens (tertiary/aromatic N) is 1. The molecule has 0 spiro atoms. The van der Waals surface area contributed by atoms with Crippen molar-refractivity contribution in [2.45, 2.75) is 46.6 Å². The van der Waals surface area contributed by atoms with Crippen LogP contribution >= 0.6 is 0 Å². The summed E-state index contributed by atoms with van der Waals surface area (Å²) in [5, 5.41) is 1.83. The molecular formula is C12H22N2. The molecule has 2 heteroatoms. The number of allylic oxidation sites excluding steroid dienone is 3. The molecule has 2 N–H and O–H groups in total. The van der Waals surface area contributed by atoms with Crippen molar-refractivity contribution in [1.29, 1.82) is 0 Å². The van der Waals surface area contributed by atoms with Crippen molar-refractivity contribution in [1.82, 2.24) is 5.01 Å². The fourth-order valence-corrected chi connectivity index (χ4v) is 1.44. The standard InChI is InChI=1S/C12H22N2/c1-5-10(12(2,3)4)8-9-14(13)11-6-7-11/h5,8-9,11H,6-7,13H2,1-4H3/b9-8-,10-5+. The van der Waals surface area contributed by atoms with E-state index in [9.17, 15) is 0 Å². The molecular weight excluding hydrogens is 172 g/mol. The highest BCUT2D eigenvalue weighted by Crippen LogP contribution is 2.28. The molecule has 0 aromatic rings. The van der Waals surface area contributed by atoms with E-state index >= 15 is 0 Å². The number of rotatable bonds is 3. The van der Waals surface area contributed by atoms with Crippen LogP contribution in [-0.2, 0) is 0 Å². The Morgan fingerprint density at radius 3 is 2.29 bits per heavy atom. The van der Waals surface area contributed by atoms with Crippen molar-refractivity contribution >= 4 is 0 Å². The fraction of sp³-hybridized carbons (Fsp3) is 0.667. The quantitative estimate of drug-likeness (QED) is 0.425. The van der Waals surface area contributed by atoms with Gasteiger partial charge in [-0.3, -0.25) is 0 Å². The van der Waals surface area contributed by atoms with Crippen LogP contribution in [0.1, 0.15) is 40.5 Å². The maximum absolute atomic E-state index is 5.84. The van der Waals surface area contributed by atoms with E-state index in [0.29, 0.717) is 6.04 Å². The van der Waals surface area contributed by atoms with Gasteiger partial charge in [-0.2, -0.15) is 0 Å². The first-order valence-corrected chi connectivity index (χ1v) is 5.33. The molecule has 1 saturated carbocycles. The Morgan fingerprint density at radius 2 is 1.93 bits per heavy atom. The molecule has 0 saturated heterocycles. The number of hydrogen-bond acceptors (Lipinski definition) is 2. The number of nitrogens with two attached hydrogens (primary N) is 1. The minimum atomic E-state index is 0.204. The molecule has 0 radical (unpaired) electrons. The molecule has 0 heterocycles. The monoisotopic (exact) mass is 194 g/mol. The summed E-state index contributed by atoms with van der Waals surface area (Å²) in [5.74, 6) is 5.84. The van der Waals surface area contributed by atoms with Crippen molar-refractivity contribution in [3.05, 3.63) is 23.9 Å². The van der Waals surface area contributed by atoms with Crippen LogP contribution in [-0.4, -0.2) is 11.1 Å². The summed E-state index contributed by atoms with van der Waals surface area (Å²) >= 11 is 0. The average molecular weight is 194 g/mol. The molecule has 0 atom stereocenters. The van der Waals surface area contributed by atoms with E-state index in [2.05, 4.69) is 39.8 Å². The molecule has 0 bridgehead atoms. The van der Waals surface area contributed by atoms with E-state index in [-0.39, 0.29) is 5.41 Å². The van der Waals surface area contributed by atoms with Crippen LogP contribution in [0.3, 0.4) is 0 Å². The van der Waals surface area contributed by atoms with Gasteiger partial charge in [-0.05, 0) is 36.8 Å². The summed E-state index contributed by atoms with van der Waals surface area (Å²) in [7, 11) is 0. The molecule has 0 aromatic heterocycles. The van der Waals surface area contributed by atoms with E-state index in [1.54, 1.807) is 0 Å². The third-order valence-corrected chi connectivity index (χ3v) is 2.57. The predicted molar refractivity (Wildman–Crippen MR) is 61.4 cm³/mol. The molecule has 0 aliphatic heterocycles. The van der Waals surface area contributed by atoms with Crippen LogP contribution in [0.5, 0.6) is 0 Å². The molecule has 80 valence electrons. The second kappa shape index (κ2) is 4.18. The van der Waals surface area contributed by atoms with Gasteiger partial charge in [0.25, 0.3) is 0 Å². The van der Waals surface area contributed by atoms with Gasteiger partial charge in [-0.25, -0.2) is 5.84 Å². The van der Waals surface area contributed by atoms with Crippen molar-refractivity contribution in [2.75, 3.05) is 0 Å². The van der Waals surface area contributed by atoms with Gasteiger partial charge in [0.2, 0.25) is 0 Å². The molecule has 14 heavy (non-hydrogen) atoms. The smallest absolute Gasteiger partial charge is 0.0447 e. The predicted octanol–water partition coefficient (Wildman–Crippen LogP) is 2.83. The van der Waals surface area contributed by atoms with Crippen LogP contribution in [0.25, 0.3) is 0 Å². The Hall–Kier alpha value is -0.760. The fourth-order valence-electron chi connectivity index (χ4n) is 1.44. The molecule has 0 amide bonds. The largest absolute Gasteiger partial charge is 0.315 e. The number of hydrazine groups is 1. The zero-order valence-corrected chi connectivity index (χ0v) is 9.75. The van der Waals surface area contributed by atoms with Gasteiger partial charge >= 0.3 is 0 Å². The van der Waals surface area contributed by atoms with Crippen LogP contribution in [0, 0.1) is 5.41 Å². The Kier molecular flexibility index (Phi) is 3.38. The summed E-state index contributed by atoms with van der Waals surface area (Å²) < 4.78 is 0. The third-order valence-electron chi connectivity index (χ3n) is 2.57. The zero-order valence-electron chi connectivity index (χ0n) is 9.75. The third kappa shape index (κ3) is 3.18. The van der Waals surface area contributed by atoms with E-state index in [1.807, 2.05) is 11.2 Å². The second-order valence-corrected chi connectivity index (χ2v) is 4.99. The SMILES string of the molecule is C/C=C(\C=C/N(N)C1CC1)C(C)(C)C. The van der Waals surface area contributed by atoms with E-state index < -0.39 is 0 Å². The lowest BCUT2D eigenvalue weighted by Gasteiger charge is -2.21. The molecule has 1 rings (SSSR count). The van der Waals surface area contributed by atoms with Crippen molar-refractivity contribution in [3.8, 4) is 0 Å². The molecule has 1 aliphatic carbocycles. The lowest BCUT2D eigenvalue weighted by atomic mass is 9.86. The lowest BCUT2D eigenvalue weighted by molar-refractivity contribution is 0.382. The summed E-state index contributed by atoms with van der Waals surface area (Å²) in [4.78, 5) is 0. The second-order valence-electron chi connectivity index (χ2n) is 4.99. The summed E-state index contributed by atoms with van der Waals surface area (Å²) in [6, 6.07) is 0.587. The van der Waals surface area contributed by atoms with Gasteiger partial charge in [0.15, 0.2) is 0 Å². The van der Waals surface area contributed by atoms with Gasteiger partial charge < -0.3 is 5.01 Å². The molecule has 2 nitrogen and oxygen atoms in total. The molecule has 0 unspecified atom stereocenters. The van der Waals surface area contributed by atoms with Crippen molar-refractivity contribution in [3.63, 3.8) is 0 Å². The van der Waals surface area contributed by atoms with Crippen molar-refractivity contribution in [2.24, 2.45) is 11.3 Å². The van der Waals surface area contributed by atoms with Crippen LogP contribution in [0.15, 0.2) is 23.9 Å². The highest BCUT2D eigenvalue weighted by atomic mass is 15.4. The van der Waals surface area contributed by atoms with Gasteiger partial charge in [0.1, 0.15) is 0 Å². The molecule has 0 aromatic carbocycles. The van der Waals surface area contributed by atoms with Crippen LogP contribution in [0.2, 0.25) is 0 Å². The highest BCUT2D eigenvalue weighted by Gasteiger charge is 2.25. The first-order valence-electron chi connectivity index (χ1n) is 5.33. The van der Waals surface area contributed by atoms with Crippen LogP contribution in [0.4, 0.5) is 0 Å². The lowest BCUT2D eigenvalue weighted by Crippen LogP contribution is -2.27. The Labute approximate surface area is 87.4 Å². The summed E-state index contributed by atoms with van der Waals surface area (Å²) in [6.07, 6.45) is 8.75. The Bertz CT molecular complexity index is 242. The molecule has 1 fully saturated rings. The van der Waals surface area contributed by atoms with E-state index in [0.717, 1.165) is 0 Å². The summed E-state index contributed by atoms with van der Waals surface area (Å²) in [5.41, 5.74) is 1.53. The van der Waals surface area contributed by atoms with E-state index in [1.165, 1.54) is 18.4 Å². The minimum absolute atomic E-state index is 0.204. The zero-order chi connectivity index (χ0) is 10.8. The van der Waals surface area contributed by atoms with Crippen LogP contribution < -0.4 is 5.84 Å². The van der Waals surface area contributed by atoms with Crippen molar-refractivity contribution < 1.29 is 0 Å². The van der Waals surface area contributed by atoms with Gasteiger partial charge in [-0.1, -0.05) is 26.8 Å². The Balaban J connectivity index is 2.56. The first-order chi connectivity index (χ1) is 6.45. The minimum Gasteiger partial charge on any atom is -0.315 e. The normalized spacial score (nSPS) is 19.1. The van der Waals surface area contributed by atoms with E-state index in [4.69, 9.17) is 5.84 Å². The van der Waals surface area contributed by atoms with Gasteiger partial charge in [0, 0.05) is 12.2 Å². The first kappa shape index (κ1) is 11.3. The average Bonchev–Trinajstić information content (AvgIpc) is 2.84. The summed E-state index contributed by atoms with van der Waals surface area (Å²) in [6.45, 7) is 8.71.